The van der Waals surface area contributed by atoms with Gasteiger partial charge in [-0.1, -0.05) is 0 Å². The number of nitrogens with zero attached hydrogens (tertiary/aromatic N) is 2. The molecule has 1 rings (SSSR count). The minimum Gasteiger partial charge on any atom is -0.351 e. The van der Waals surface area contributed by atoms with Crippen LogP contribution in [-0.4, -0.2) is 29.0 Å². The second-order valence-corrected chi connectivity index (χ2v) is 3.93. The van der Waals surface area contributed by atoms with Crippen molar-refractivity contribution in [2.75, 3.05) is 13.2 Å². The van der Waals surface area contributed by atoms with E-state index in [1.165, 1.54) is 23.8 Å². The predicted octanol–water partition coefficient (Wildman–Crippen LogP) is 1.46. The Balaban J connectivity index is 3.02. The highest BCUT2D eigenvalue weighted by Crippen LogP contribution is 2.14. The van der Waals surface area contributed by atoms with Crippen molar-refractivity contribution in [1.82, 2.24) is 4.57 Å². The number of hydrogen-bond acceptors (Lipinski definition) is 5. The highest BCUT2D eigenvalue weighted by Gasteiger charge is 2.16. The first-order chi connectivity index (χ1) is 8.99. The Bertz CT molecular complexity index is 491. The van der Waals surface area contributed by atoms with Gasteiger partial charge in [-0.05, 0) is 20.8 Å². The number of aryl methyl sites for hydroxylation is 1. The zero-order valence-electron chi connectivity index (χ0n) is 11.3. The maximum absolute atomic E-state index is 11.8. The topological polar surface area (TPSA) is 83.6 Å². The molecule has 0 aliphatic carbocycles. The standard InChI is InChI=1S/C12H18N2O5/c1-4-18-12(19-5-2)8-13-7-10(14(16)17)9(3)6-11(13)15/h6-7,12H,4-5,8H2,1-3H3. The van der Waals surface area contributed by atoms with Gasteiger partial charge in [-0.25, -0.2) is 0 Å². The molecule has 0 saturated heterocycles. The molecule has 1 aromatic rings. The molecular weight excluding hydrogens is 252 g/mol. The number of hydrogen-bond donors (Lipinski definition) is 0. The summed E-state index contributed by atoms with van der Waals surface area (Å²) in [6.07, 6.45) is 0.637. The molecule has 0 amide bonds. The zero-order valence-corrected chi connectivity index (χ0v) is 11.3. The van der Waals surface area contributed by atoms with Crippen LogP contribution in [0.15, 0.2) is 17.1 Å². The fraction of sp³-hybridized carbons (Fsp3) is 0.583. The van der Waals surface area contributed by atoms with Gasteiger partial charge in [-0.3, -0.25) is 14.9 Å². The number of rotatable bonds is 7. The highest BCUT2D eigenvalue weighted by atomic mass is 16.7. The molecule has 0 spiro atoms. The number of ether oxygens (including phenoxy) is 2. The van der Waals surface area contributed by atoms with Crippen molar-refractivity contribution in [3.8, 4) is 0 Å². The molecule has 0 bridgehead atoms. The molecule has 1 heterocycles. The van der Waals surface area contributed by atoms with E-state index < -0.39 is 11.2 Å². The van der Waals surface area contributed by atoms with E-state index in [1.807, 2.05) is 13.8 Å². The number of aromatic nitrogens is 1. The van der Waals surface area contributed by atoms with Crippen LogP contribution in [0.4, 0.5) is 5.69 Å². The molecule has 0 radical (unpaired) electrons. The quantitative estimate of drug-likeness (QED) is 0.425. The van der Waals surface area contributed by atoms with E-state index in [2.05, 4.69) is 0 Å². The SMILES string of the molecule is CCOC(Cn1cc([N+](=O)[O-])c(C)cc1=O)OCC. The van der Waals surface area contributed by atoms with Gasteiger partial charge in [0.2, 0.25) is 0 Å². The average Bonchev–Trinajstić information content (AvgIpc) is 2.32. The van der Waals surface area contributed by atoms with Crippen molar-refractivity contribution in [1.29, 1.82) is 0 Å². The summed E-state index contributed by atoms with van der Waals surface area (Å²) in [6.45, 7) is 6.16. The first kappa shape index (κ1) is 15.3. The highest BCUT2D eigenvalue weighted by molar-refractivity contribution is 5.35. The lowest BCUT2D eigenvalue weighted by atomic mass is 10.2. The second-order valence-electron chi connectivity index (χ2n) is 3.93. The summed E-state index contributed by atoms with van der Waals surface area (Å²) in [5.41, 5.74) is -0.0607. The van der Waals surface area contributed by atoms with E-state index in [0.717, 1.165) is 0 Å². The fourth-order valence-electron chi connectivity index (χ4n) is 1.67. The normalized spacial score (nSPS) is 10.9. The van der Waals surface area contributed by atoms with Crippen LogP contribution in [0.3, 0.4) is 0 Å². The Labute approximate surface area is 110 Å². The van der Waals surface area contributed by atoms with Crippen molar-refractivity contribution in [3.05, 3.63) is 38.3 Å². The molecule has 0 saturated carbocycles. The summed E-state index contributed by atoms with van der Waals surface area (Å²) in [7, 11) is 0. The summed E-state index contributed by atoms with van der Waals surface area (Å²) in [6, 6.07) is 1.24. The molecule has 106 valence electrons. The summed E-state index contributed by atoms with van der Waals surface area (Å²) in [5, 5.41) is 10.9. The maximum atomic E-state index is 11.8. The van der Waals surface area contributed by atoms with E-state index in [9.17, 15) is 14.9 Å². The molecule has 0 atom stereocenters. The minimum absolute atomic E-state index is 0.0913. The lowest BCUT2D eigenvalue weighted by molar-refractivity contribution is -0.386. The second kappa shape index (κ2) is 7.01. The Hall–Kier alpha value is -1.73. The van der Waals surface area contributed by atoms with E-state index in [-0.39, 0.29) is 17.8 Å². The lowest BCUT2D eigenvalue weighted by Gasteiger charge is -2.18. The van der Waals surface area contributed by atoms with Crippen LogP contribution in [0.2, 0.25) is 0 Å². The smallest absolute Gasteiger partial charge is 0.288 e. The monoisotopic (exact) mass is 270 g/mol. The van der Waals surface area contributed by atoms with Gasteiger partial charge in [-0.2, -0.15) is 0 Å². The first-order valence-electron chi connectivity index (χ1n) is 6.08. The maximum Gasteiger partial charge on any atom is 0.288 e. The molecule has 19 heavy (non-hydrogen) atoms. The van der Waals surface area contributed by atoms with Crippen molar-refractivity contribution in [2.24, 2.45) is 0 Å². The molecule has 7 heteroatoms. The van der Waals surface area contributed by atoms with Gasteiger partial charge in [0.15, 0.2) is 6.29 Å². The molecule has 0 aliphatic heterocycles. The third-order valence-electron chi connectivity index (χ3n) is 2.55. The van der Waals surface area contributed by atoms with E-state index in [1.54, 1.807) is 0 Å². The molecular formula is C12H18N2O5. The summed E-state index contributed by atoms with van der Waals surface area (Å²) < 4.78 is 11.9. The van der Waals surface area contributed by atoms with Gasteiger partial charge in [0.25, 0.3) is 11.2 Å². The summed E-state index contributed by atoms with van der Waals surface area (Å²) >= 11 is 0. The van der Waals surface area contributed by atoms with E-state index in [4.69, 9.17) is 9.47 Å². The van der Waals surface area contributed by atoms with Crippen molar-refractivity contribution < 1.29 is 14.4 Å². The largest absolute Gasteiger partial charge is 0.351 e. The van der Waals surface area contributed by atoms with Crippen molar-refractivity contribution in [2.45, 2.75) is 33.6 Å². The summed E-state index contributed by atoms with van der Waals surface area (Å²) in [5.74, 6) is 0. The Kier molecular flexibility index (Phi) is 5.65. The Morgan fingerprint density at radius 2 is 1.95 bits per heavy atom. The third-order valence-corrected chi connectivity index (χ3v) is 2.55. The van der Waals surface area contributed by atoms with Gasteiger partial charge in [0.1, 0.15) is 0 Å². The van der Waals surface area contributed by atoms with Gasteiger partial charge in [-0.15, -0.1) is 0 Å². The molecule has 0 N–H and O–H groups in total. The number of nitro groups is 1. The molecule has 0 unspecified atom stereocenters. The average molecular weight is 270 g/mol. The van der Waals surface area contributed by atoms with Crippen molar-refractivity contribution in [3.63, 3.8) is 0 Å². The van der Waals surface area contributed by atoms with Gasteiger partial charge < -0.3 is 14.0 Å². The van der Waals surface area contributed by atoms with Crippen LogP contribution < -0.4 is 5.56 Å². The van der Waals surface area contributed by atoms with Crippen LogP contribution >= 0.6 is 0 Å². The Morgan fingerprint density at radius 3 is 2.42 bits per heavy atom. The third kappa shape index (κ3) is 4.15. The van der Waals surface area contributed by atoms with Gasteiger partial charge >= 0.3 is 0 Å². The van der Waals surface area contributed by atoms with E-state index in [0.29, 0.717) is 18.8 Å². The van der Waals surface area contributed by atoms with Crippen LogP contribution in [0, 0.1) is 17.0 Å². The van der Waals surface area contributed by atoms with Crippen LogP contribution in [0.25, 0.3) is 0 Å². The van der Waals surface area contributed by atoms with Crippen LogP contribution in [-0.2, 0) is 16.0 Å². The van der Waals surface area contributed by atoms with Gasteiger partial charge in [0.05, 0.1) is 17.7 Å². The molecule has 0 fully saturated rings. The summed E-state index contributed by atoms with van der Waals surface area (Å²) in [4.78, 5) is 22.1. The zero-order chi connectivity index (χ0) is 14.4. The predicted molar refractivity (Wildman–Crippen MR) is 69.1 cm³/mol. The fourth-order valence-corrected chi connectivity index (χ4v) is 1.67. The van der Waals surface area contributed by atoms with Crippen LogP contribution in [0.1, 0.15) is 19.4 Å². The van der Waals surface area contributed by atoms with Crippen LogP contribution in [0.5, 0.6) is 0 Å². The Morgan fingerprint density at radius 1 is 1.37 bits per heavy atom. The molecule has 1 aromatic heterocycles. The molecule has 0 aliphatic rings. The van der Waals surface area contributed by atoms with Gasteiger partial charge in [0, 0.05) is 24.8 Å². The first-order valence-corrected chi connectivity index (χ1v) is 6.08. The number of pyridine rings is 1. The lowest BCUT2D eigenvalue weighted by Crippen LogP contribution is -2.30. The van der Waals surface area contributed by atoms with Crippen molar-refractivity contribution >= 4 is 5.69 Å². The minimum atomic E-state index is -0.588. The molecule has 0 aromatic carbocycles. The molecule has 7 nitrogen and oxygen atoms in total. The van der Waals surface area contributed by atoms with E-state index >= 15 is 0 Å².